The molecule has 6 heteroatoms. The second kappa shape index (κ2) is 7.96. The van der Waals surface area contributed by atoms with Gasteiger partial charge in [0.2, 0.25) is 0 Å². The van der Waals surface area contributed by atoms with Gasteiger partial charge in [-0.2, -0.15) is 0 Å². The lowest BCUT2D eigenvalue weighted by molar-refractivity contribution is 0.0540. The molecule has 4 atom stereocenters. The Kier molecular flexibility index (Phi) is 6.14. The minimum absolute atomic E-state index is 0.141. The third-order valence-electron chi connectivity index (χ3n) is 5.89. The standard InChI is InChI=1S/C18H36FN5/c1-18(2,19)15-22-16(20)24-17(23-15)21-14(13-9-10-13)11-8-12-6-4-3-5-7-12/h12-17,21-24H,3-11,20H2,1-2H3. The number of rotatable bonds is 7. The van der Waals surface area contributed by atoms with E-state index in [4.69, 9.17) is 5.73 Å². The zero-order chi connectivity index (χ0) is 17.2. The highest BCUT2D eigenvalue weighted by Crippen LogP contribution is 2.36. The van der Waals surface area contributed by atoms with Gasteiger partial charge in [-0.25, -0.2) is 4.39 Å². The molecule has 4 unspecified atom stereocenters. The van der Waals surface area contributed by atoms with Crippen molar-refractivity contribution in [1.29, 1.82) is 0 Å². The molecule has 2 aliphatic carbocycles. The monoisotopic (exact) mass is 341 g/mol. The van der Waals surface area contributed by atoms with E-state index in [1.165, 1.54) is 57.8 Å². The van der Waals surface area contributed by atoms with Gasteiger partial charge >= 0.3 is 0 Å². The number of alkyl halides is 1. The Morgan fingerprint density at radius 2 is 1.79 bits per heavy atom. The Morgan fingerprint density at radius 1 is 1.08 bits per heavy atom. The summed E-state index contributed by atoms with van der Waals surface area (Å²) in [4.78, 5) is 0. The Labute approximate surface area is 146 Å². The van der Waals surface area contributed by atoms with Crippen LogP contribution in [-0.4, -0.2) is 30.5 Å². The van der Waals surface area contributed by atoms with E-state index >= 15 is 0 Å². The largest absolute Gasteiger partial charge is 0.303 e. The quantitative estimate of drug-likeness (QED) is 0.490. The molecule has 0 spiro atoms. The van der Waals surface area contributed by atoms with Gasteiger partial charge < -0.3 is 5.73 Å². The van der Waals surface area contributed by atoms with E-state index in [9.17, 15) is 4.39 Å². The maximum Gasteiger partial charge on any atom is 0.133 e. The minimum Gasteiger partial charge on any atom is -0.303 e. The maximum absolute atomic E-state index is 14.3. The molecule has 1 heterocycles. The molecule has 0 amide bonds. The number of hydrogen-bond donors (Lipinski definition) is 5. The molecule has 140 valence electrons. The SMILES string of the molecule is CC(C)(F)C1NC(N)NC(NC(CCC2CCCCC2)C2CC2)N1. The number of nitrogens with two attached hydrogens (primary N) is 1. The fourth-order valence-corrected chi connectivity index (χ4v) is 4.22. The van der Waals surface area contributed by atoms with Crippen molar-refractivity contribution in [3.63, 3.8) is 0 Å². The van der Waals surface area contributed by atoms with E-state index in [2.05, 4.69) is 21.3 Å². The number of hydrogen-bond acceptors (Lipinski definition) is 5. The fraction of sp³-hybridized carbons (Fsp3) is 1.00. The van der Waals surface area contributed by atoms with E-state index in [0.717, 1.165) is 11.8 Å². The molecule has 1 aliphatic heterocycles. The fourth-order valence-electron chi connectivity index (χ4n) is 4.22. The molecule has 3 aliphatic rings. The van der Waals surface area contributed by atoms with E-state index in [-0.39, 0.29) is 6.29 Å². The van der Waals surface area contributed by atoms with E-state index in [1.54, 1.807) is 13.8 Å². The van der Waals surface area contributed by atoms with Gasteiger partial charge in [0, 0.05) is 6.04 Å². The second-order valence-corrected chi connectivity index (χ2v) is 8.60. The molecule has 2 saturated carbocycles. The Hall–Kier alpha value is -0.270. The van der Waals surface area contributed by atoms with Gasteiger partial charge in [0.15, 0.2) is 0 Å². The predicted octanol–water partition coefficient (Wildman–Crippen LogP) is 2.10. The van der Waals surface area contributed by atoms with Crippen molar-refractivity contribution in [1.82, 2.24) is 21.3 Å². The van der Waals surface area contributed by atoms with Gasteiger partial charge in [-0.15, -0.1) is 0 Å². The Balaban J connectivity index is 1.50. The van der Waals surface area contributed by atoms with Crippen LogP contribution < -0.4 is 27.0 Å². The highest BCUT2D eigenvalue weighted by Gasteiger charge is 2.38. The van der Waals surface area contributed by atoms with E-state index < -0.39 is 18.1 Å². The van der Waals surface area contributed by atoms with Crippen LogP contribution in [0.3, 0.4) is 0 Å². The summed E-state index contributed by atoms with van der Waals surface area (Å²) in [5, 5.41) is 13.2. The summed E-state index contributed by atoms with van der Waals surface area (Å²) in [5.74, 6) is 1.69. The van der Waals surface area contributed by atoms with Crippen LogP contribution in [0.4, 0.5) is 4.39 Å². The summed E-state index contributed by atoms with van der Waals surface area (Å²) >= 11 is 0. The Bertz CT molecular complexity index is 389. The molecule has 6 N–H and O–H groups in total. The molecule has 0 aromatic heterocycles. The molecular formula is C18H36FN5. The van der Waals surface area contributed by atoms with Crippen LogP contribution in [0, 0.1) is 11.8 Å². The first-order valence-corrected chi connectivity index (χ1v) is 9.90. The third kappa shape index (κ3) is 5.36. The molecule has 0 bridgehead atoms. The van der Waals surface area contributed by atoms with Gasteiger partial charge in [-0.1, -0.05) is 32.1 Å². The average Bonchev–Trinajstić information content (AvgIpc) is 3.36. The zero-order valence-corrected chi connectivity index (χ0v) is 15.3. The summed E-state index contributed by atoms with van der Waals surface area (Å²) in [7, 11) is 0. The topological polar surface area (TPSA) is 74.1 Å². The lowest BCUT2D eigenvalue weighted by Gasteiger charge is -2.42. The minimum atomic E-state index is -1.36. The molecule has 0 radical (unpaired) electrons. The van der Waals surface area contributed by atoms with Crippen molar-refractivity contribution in [3.8, 4) is 0 Å². The number of nitrogens with one attached hydrogen (secondary N) is 4. The number of halogens is 1. The van der Waals surface area contributed by atoms with Crippen LogP contribution in [0.25, 0.3) is 0 Å². The molecule has 0 aromatic rings. The van der Waals surface area contributed by atoms with Gasteiger partial charge in [0.05, 0.1) is 6.17 Å². The van der Waals surface area contributed by atoms with Gasteiger partial charge in [-0.3, -0.25) is 21.3 Å². The van der Waals surface area contributed by atoms with Crippen LogP contribution in [-0.2, 0) is 0 Å². The van der Waals surface area contributed by atoms with Crippen LogP contribution in [0.15, 0.2) is 0 Å². The average molecular weight is 342 g/mol. The maximum atomic E-state index is 14.3. The first-order chi connectivity index (χ1) is 11.4. The predicted molar refractivity (Wildman–Crippen MR) is 95.6 cm³/mol. The molecule has 0 aromatic carbocycles. The summed E-state index contributed by atoms with van der Waals surface area (Å²) < 4.78 is 14.3. The molecule has 24 heavy (non-hydrogen) atoms. The molecule has 3 rings (SSSR count). The van der Waals surface area contributed by atoms with Crippen LogP contribution >= 0.6 is 0 Å². The van der Waals surface area contributed by atoms with Crippen LogP contribution in [0.1, 0.15) is 71.6 Å². The lowest BCUT2D eigenvalue weighted by Crippen LogP contribution is -2.77. The highest BCUT2D eigenvalue weighted by atomic mass is 19.1. The van der Waals surface area contributed by atoms with Gasteiger partial charge in [-0.05, 0) is 51.4 Å². The van der Waals surface area contributed by atoms with Gasteiger partial charge in [0.25, 0.3) is 0 Å². The van der Waals surface area contributed by atoms with Crippen molar-refractivity contribution in [2.45, 2.75) is 102 Å². The van der Waals surface area contributed by atoms with E-state index in [1.807, 2.05) is 0 Å². The third-order valence-corrected chi connectivity index (χ3v) is 5.89. The smallest absolute Gasteiger partial charge is 0.133 e. The van der Waals surface area contributed by atoms with Crippen molar-refractivity contribution in [2.24, 2.45) is 17.6 Å². The van der Waals surface area contributed by atoms with Crippen molar-refractivity contribution in [2.75, 3.05) is 0 Å². The van der Waals surface area contributed by atoms with Crippen molar-refractivity contribution in [3.05, 3.63) is 0 Å². The Morgan fingerprint density at radius 3 is 2.42 bits per heavy atom. The normalized spacial score (nSPS) is 34.2. The zero-order valence-electron chi connectivity index (χ0n) is 15.3. The molecule has 3 fully saturated rings. The lowest BCUT2D eigenvalue weighted by atomic mass is 9.85. The summed E-state index contributed by atoms with van der Waals surface area (Å²) in [5.41, 5.74) is 4.64. The molecule has 1 saturated heterocycles. The van der Waals surface area contributed by atoms with Crippen LogP contribution in [0.5, 0.6) is 0 Å². The highest BCUT2D eigenvalue weighted by molar-refractivity contribution is 4.93. The first kappa shape index (κ1) is 18.5. The molecule has 5 nitrogen and oxygen atoms in total. The van der Waals surface area contributed by atoms with E-state index in [0.29, 0.717) is 6.04 Å². The summed E-state index contributed by atoms with van der Waals surface area (Å²) in [6, 6.07) is 0.505. The second-order valence-electron chi connectivity index (χ2n) is 8.60. The van der Waals surface area contributed by atoms with Gasteiger partial charge in [0.1, 0.15) is 18.2 Å². The van der Waals surface area contributed by atoms with Crippen LogP contribution in [0.2, 0.25) is 0 Å². The van der Waals surface area contributed by atoms with Crippen molar-refractivity contribution >= 4 is 0 Å². The molecular weight excluding hydrogens is 305 g/mol. The summed E-state index contributed by atoms with van der Waals surface area (Å²) in [6.45, 7) is 3.16. The van der Waals surface area contributed by atoms with Crippen molar-refractivity contribution < 1.29 is 4.39 Å². The summed E-state index contributed by atoms with van der Waals surface area (Å²) in [6.07, 6.45) is 11.2. The first-order valence-electron chi connectivity index (χ1n) is 9.90.